The van der Waals surface area contributed by atoms with Crippen LogP contribution < -0.4 is 4.74 Å². The molecule has 1 amide bonds. The Hall–Kier alpha value is -1.81. The third-order valence-corrected chi connectivity index (χ3v) is 4.96. The van der Waals surface area contributed by atoms with Gasteiger partial charge in [0.15, 0.2) is 6.10 Å². The van der Waals surface area contributed by atoms with Crippen LogP contribution >= 0.6 is 11.3 Å². The third kappa shape index (κ3) is 2.56. The second-order valence-corrected chi connectivity index (χ2v) is 6.73. The fraction of sp³-hybridized carbons (Fsp3) is 0.353. The number of benzene rings is 1. The van der Waals surface area contributed by atoms with E-state index in [1.54, 1.807) is 11.3 Å². The Kier molecular flexibility index (Phi) is 3.19. The molecule has 1 aromatic heterocycles. The van der Waals surface area contributed by atoms with Gasteiger partial charge < -0.3 is 9.64 Å². The molecule has 0 spiro atoms. The monoisotopic (exact) mass is 299 g/mol. The summed E-state index contributed by atoms with van der Waals surface area (Å²) in [6.45, 7) is 0.720. The van der Waals surface area contributed by atoms with Gasteiger partial charge in [-0.3, -0.25) is 4.79 Å². The highest BCUT2D eigenvalue weighted by molar-refractivity contribution is 7.09. The van der Waals surface area contributed by atoms with E-state index < -0.39 is 0 Å². The molecule has 1 fully saturated rings. The van der Waals surface area contributed by atoms with Gasteiger partial charge in [0.2, 0.25) is 0 Å². The highest BCUT2D eigenvalue weighted by atomic mass is 32.1. The molecule has 4 rings (SSSR count). The number of hydrogen-bond acceptors (Lipinski definition) is 3. The van der Waals surface area contributed by atoms with Gasteiger partial charge in [-0.05, 0) is 35.9 Å². The molecule has 1 aromatic carbocycles. The molecule has 4 heteroatoms. The molecule has 2 aromatic rings. The Bertz CT molecular complexity index is 624. The van der Waals surface area contributed by atoms with E-state index in [1.807, 2.05) is 35.2 Å². The Morgan fingerprint density at radius 3 is 2.81 bits per heavy atom. The quantitative estimate of drug-likeness (QED) is 0.867. The molecule has 1 aliphatic carbocycles. The predicted octanol–water partition coefficient (Wildman–Crippen LogP) is 3.24. The summed E-state index contributed by atoms with van der Waals surface area (Å²) in [4.78, 5) is 16.1. The fourth-order valence-corrected chi connectivity index (χ4v) is 3.55. The second-order valence-electron chi connectivity index (χ2n) is 5.70. The predicted molar refractivity (Wildman–Crippen MR) is 82.5 cm³/mol. The second kappa shape index (κ2) is 5.19. The standard InChI is InChI=1S/C17H17NO2S/c19-17(16-10-12-4-1-2-6-15(12)20-16)18(13-7-8-13)11-14-5-3-9-21-14/h1-6,9,13,16H,7-8,10-11H2. The first-order valence-electron chi connectivity index (χ1n) is 7.39. The zero-order valence-corrected chi connectivity index (χ0v) is 12.5. The van der Waals surface area contributed by atoms with Crippen molar-refractivity contribution in [1.29, 1.82) is 0 Å². The topological polar surface area (TPSA) is 29.5 Å². The van der Waals surface area contributed by atoms with E-state index in [9.17, 15) is 4.79 Å². The van der Waals surface area contributed by atoms with Crippen molar-refractivity contribution in [2.75, 3.05) is 0 Å². The molecule has 21 heavy (non-hydrogen) atoms. The van der Waals surface area contributed by atoms with Gasteiger partial charge in [-0.15, -0.1) is 11.3 Å². The average molecular weight is 299 g/mol. The molecule has 1 aliphatic heterocycles. The molecule has 1 saturated carbocycles. The van der Waals surface area contributed by atoms with Crippen molar-refractivity contribution in [2.24, 2.45) is 0 Å². The number of para-hydroxylation sites is 1. The van der Waals surface area contributed by atoms with Crippen molar-refractivity contribution in [3.63, 3.8) is 0 Å². The van der Waals surface area contributed by atoms with Crippen LogP contribution in [0, 0.1) is 0 Å². The molecule has 1 unspecified atom stereocenters. The summed E-state index contributed by atoms with van der Waals surface area (Å²) in [6.07, 6.45) is 2.60. The van der Waals surface area contributed by atoms with Crippen LogP contribution in [0.2, 0.25) is 0 Å². The Labute approximate surface area is 128 Å². The highest BCUT2D eigenvalue weighted by Crippen LogP contribution is 2.33. The number of rotatable bonds is 4. The van der Waals surface area contributed by atoms with Gasteiger partial charge in [0.05, 0.1) is 6.54 Å². The summed E-state index contributed by atoms with van der Waals surface area (Å²) in [5, 5.41) is 2.06. The molecule has 0 saturated heterocycles. The van der Waals surface area contributed by atoms with E-state index >= 15 is 0 Å². The molecule has 3 nitrogen and oxygen atoms in total. The van der Waals surface area contributed by atoms with Gasteiger partial charge in [0, 0.05) is 17.3 Å². The van der Waals surface area contributed by atoms with Crippen molar-refractivity contribution in [3.05, 3.63) is 52.2 Å². The summed E-state index contributed by atoms with van der Waals surface area (Å²) >= 11 is 1.71. The largest absolute Gasteiger partial charge is 0.480 e. The summed E-state index contributed by atoms with van der Waals surface area (Å²) in [5.41, 5.74) is 1.14. The van der Waals surface area contributed by atoms with Crippen molar-refractivity contribution < 1.29 is 9.53 Å². The van der Waals surface area contributed by atoms with Crippen LogP contribution in [0.1, 0.15) is 23.3 Å². The van der Waals surface area contributed by atoms with E-state index in [0.717, 1.165) is 30.7 Å². The zero-order valence-electron chi connectivity index (χ0n) is 11.7. The Balaban J connectivity index is 1.50. The minimum atomic E-state index is -0.344. The fourth-order valence-electron chi connectivity index (χ4n) is 2.85. The number of hydrogen-bond donors (Lipinski definition) is 0. The third-order valence-electron chi connectivity index (χ3n) is 4.10. The number of carbonyl (C=O) groups is 1. The number of ether oxygens (including phenoxy) is 1. The number of amides is 1. The lowest BCUT2D eigenvalue weighted by atomic mass is 10.1. The molecule has 0 radical (unpaired) electrons. The van der Waals surface area contributed by atoms with Crippen LogP contribution in [0.25, 0.3) is 0 Å². The maximum atomic E-state index is 12.8. The molecule has 2 aliphatic rings. The first-order chi connectivity index (χ1) is 10.3. The van der Waals surface area contributed by atoms with E-state index in [0.29, 0.717) is 12.5 Å². The van der Waals surface area contributed by atoms with Gasteiger partial charge >= 0.3 is 0 Å². The minimum absolute atomic E-state index is 0.141. The van der Waals surface area contributed by atoms with E-state index in [1.165, 1.54) is 4.88 Å². The van der Waals surface area contributed by atoms with E-state index in [-0.39, 0.29) is 12.0 Å². The van der Waals surface area contributed by atoms with Crippen molar-refractivity contribution >= 4 is 17.2 Å². The van der Waals surface area contributed by atoms with Crippen LogP contribution in [0.4, 0.5) is 0 Å². The molecule has 0 bridgehead atoms. The summed E-state index contributed by atoms with van der Waals surface area (Å²) in [6, 6.07) is 12.5. The molecule has 108 valence electrons. The molecule has 2 heterocycles. The van der Waals surface area contributed by atoms with Crippen LogP contribution in [-0.4, -0.2) is 23.0 Å². The van der Waals surface area contributed by atoms with E-state index in [2.05, 4.69) is 11.4 Å². The molecular formula is C17H17NO2S. The summed E-state index contributed by atoms with van der Waals surface area (Å²) < 4.78 is 5.86. The summed E-state index contributed by atoms with van der Waals surface area (Å²) in [5.74, 6) is 1.00. The zero-order chi connectivity index (χ0) is 14.2. The van der Waals surface area contributed by atoms with Crippen molar-refractivity contribution in [1.82, 2.24) is 4.90 Å². The average Bonchev–Trinajstić information content (AvgIpc) is 3.04. The van der Waals surface area contributed by atoms with E-state index in [4.69, 9.17) is 4.74 Å². The van der Waals surface area contributed by atoms with Gasteiger partial charge in [-0.2, -0.15) is 0 Å². The number of nitrogens with zero attached hydrogens (tertiary/aromatic N) is 1. The smallest absolute Gasteiger partial charge is 0.264 e. The lowest BCUT2D eigenvalue weighted by Crippen LogP contribution is -2.42. The number of fused-ring (bicyclic) bond motifs is 1. The number of carbonyl (C=O) groups excluding carboxylic acids is 1. The van der Waals surface area contributed by atoms with Gasteiger partial charge in [0.25, 0.3) is 5.91 Å². The first-order valence-corrected chi connectivity index (χ1v) is 8.26. The Morgan fingerprint density at radius 1 is 1.24 bits per heavy atom. The van der Waals surface area contributed by atoms with Gasteiger partial charge in [0.1, 0.15) is 5.75 Å². The summed E-state index contributed by atoms with van der Waals surface area (Å²) in [7, 11) is 0. The van der Waals surface area contributed by atoms with Crippen LogP contribution in [0.3, 0.4) is 0 Å². The van der Waals surface area contributed by atoms with Crippen LogP contribution in [0.5, 0.6) is 5.75 Å². The van der Waals surface area contributed by atoms with Crippen molar-refractivity contribution in [3.8, 4) is 5.75 Å². The first kappa shape index (κ1) is 12.9. The van der Waals surface area contributed by atoms with Crippen molar-refractivity contribution in [2.45, 2.75) is 38.0 Å². The van der Waals surface area contributed by atoms with Gasteiger partial charge in [-0.25, -0.2) is 0 Å². The van der Waals surface area contributed by atoms with Crippen LogP contribution in [-0.2, 0) is 17.8 Å². The maximum Gasteiger partial charge on any atom is 0.264 e. The lowest BCUT2D eigenvalue weighted by Gasteiger charge is -2.24. The SMILES string of the molecule is O=C(C1Cc2ccccc2O1)N(Cc1cccs1)C1CC1. The maximum absolute atomic E-state index is 12.8. The lowest BCUT2D eigenvalue weighted by molar-refractivity contribution is -0.139. The Morgan fingerprint density at radius 2 is 2.10 bits per heavy atom. The van der Waals surface area contributed by atoms with Crippen LogP contribution in [0.15, 0.2) is 41.8 Å². The molecule has 1 atom stereocenters. The molecular weight excluding hydrogens is 282 g/mol. The number of thiophene rings is 1. The molecule has 0 N–H and O–H groups in total. The van der Waals surface area contributed by atoms with Gasteiger partial charge in [-0.1, -0.05) is 24.3 Å². The highest BCUT2D eigenvalue weighted by Gasteiger charge is 2.39. The minimum Gasteiger partial charge on any atom is -0.480 e. The normalized spacial score (nSPS) is 19.9.